The number of esters is 2. The third-order valence-corrected chi connectivity index (χ3v) is 4.59. The number of carbonyl (C=O) groups is 4. The lowest BCUT2D eigenvalue weighted by Gasteiger charge is -2.10. The molecule has 0 amide bonds. The van der Waals surface area contributed by atoms with Gasteiger partial charge in [0.15, 0.2) is 0 Å². The van der Waals surface area contributed by atoms with Crippen molar-refractivity contribution < 1.29 is 52.7 Å². The monoisotopic (exact) mass is 526 g/mol. The summed E-state index contributed by atoms with van der Waals surface area (Å²) in [5, 5.41) is 8.33. The summed E-state index contributed by atoms with van der Waals surface area (Å²) in [5.41, 5.74) is 0.869. The van der Waals surface area contributed by atoms with Gasteiger partial charge >= 0.3 is 24.2 Å². The summed E-state index contributed by atoms with van der Waals surface area (Å²) in [7, 11) is 2.42. The van der Waals surface area contributed by atoms with Gasteiger partial charge in [-0.2, -0.15) is 0 Å². The Hall–Kier alpha value is -5.06. The molecule has 3 rings (SSSR count). The van der Waals surface area contributed by atoms with Gasteiger partial charge < -0.3 is 33.5 Å². The molecule has 0 bridgehead atoms. The number of ether oxygens (including phenoxy) is 6. The van der Waals surface area contributed by atoms with Crippen LogP contribution in [0.1, 0.15) is 33.2 Å². The summed E-state index contributed by atoms with van der Waals surface area (Å²) < 4.78 is 29.0. The van der Waals surface area contributed by atoms with Crippen LogP contribution in [0.4, 0.5) is 9.59 Å². The predicted octanol–water partition coefficient (Wildman–Crippen LogP) is 5.12. The molecule has 11 nitrogen and oxygen atoms in total. The molecule has 0 aliphatic carbocycles. The van der Waals surface area contributed by atoms with Crippen LogP contribution in [0.5, 0.6) is 17.2 Å². The van der Waals surface area contributed by atoms with Gasteiger partial charge in [0, 0.05) is 5.56 Å². The van der Waals surface area contributed by atoms with Crippen molar-refractivity contribution >= 4 is 24.2 Å². The Morgan fingerprint density at radius 3 is 1.58 bits per heavy atom. The quantitative estimate of drug-likeness (QED) is 0.237. The molecule has 0 heterocycles. The Morgan fingerprint density at radius 2 is 1.13 bits per heavy atom. The Morgan fingerprint density at radius 1 is 0.684 bits per heavy atom. The standard InChI is InChI=1S/C17H14O7.C10H12O4/c1-21-15(18)11-7-3-5-9-13(11)23-17(20)24-14-10-6-4-8-12(14)16(19)22-2;1-2-13-9-6-4-3-5-8(9)7-14-10(11)12/h3-10H,1-2H3;3-6H,2,7H2,1H3,(H,11,12). The fourth-order valence-corrected chi connectivity index (χ4v) is 2.93. The summed E-state index contributed by atoms with van der Waals surface area (Å²) in [6.45, 7) is 2.43. The molecule has 38 heavy (non-hydrogen) atoms. The van der Waals surface area contributed by atoms with E-state index >= 15 is 0 Å². The summed E-state index contributed by atoms with van der Waals surface area (Å²) in [5.74, 6) is -0.701. The molecule has 0 aromatic heterocycles. The van der Waals surface area contributed by atoms with E-state index in [1.165, 1.54) is 38.5 Å². The summed E-state index contributed by atoms with van der Waals surface area (Å²) in [6, 6.07) is 19.3. The second-order valence-corrected chi connectivity index (χ2v) is 7.02. The van der Waals surface area contributed by atoms with Gasteiger partial charge in [0.2, 0.25) is 0 Å². The van der Waals surface area contributed by atoms with Crippen molar-refractivity contribution in [3.8, 4) is 17.2 Å². The highest BCUT2D eigenvalue weighted by molar-refractivity contribution is 5.94. The van der Waals surface area contributed by atoms with Gasteiger partial charge in [0.25, 0.3) is 0 Å². The molecule has 11 heteroatoms. The predicted molar refractivity (Wildman–Crippen MR) is 133 cm³/mol. The molecule has 0 saturated heterocycles. The van der Waals surface area contributed by atoms with Gasteiger partial charge in [-0.15, -0.1) is 0 Å². The van der Waals surface area contributed by atoms with Gasteiger partial charge in [-0.25, -0.2) is 19.2 Å². The minimum Gasteiger partial charge on any atom is -0.493 e. The van der Waals surface area contributed by atoms with E-state index in [-0.39, 0.29) is 29.2 Å². The fourth-order valence-electron chi connectivity index (χ4n) is 2.93. The first-order valence-corrected chi connectivity index (χ1v) is 11.1. The number of methoxy groups -OCH3 is 2. The zero-order valence-corrected chi connectivity index (χ0v) is 20.9. The van der Waals surface area contributed by atoms with Crippen LogP contribution in [0.25, 0.3) is 0 Å². The van der Waals surface area contributed by atoms with Crippen LogP contribution in [-0.4, -0.2) is 50.2 Å². The molecule has 0 saturated carbocycles. The first kappa shape index (κ1) is 29.2. The maximum Gasteiger partial charge on any atom is 0.519 e. The summed E-state index contributed by atoms with van der Waals surface area (Å²) in [6.07, 6.45) is -2.39. The van der Waals surface area contributed by atoms with Crippen molar-refractivity contribution in [1.82, 2.24) is 0 Å². The molecule has 200 valence electrons. The van der Waals surface area contributed by atoms with E-state index in [2.05, 4.69) is 14.2 Å². The fraction of sp³-hybridized carbons (Fsp3) is 0.185. The highest BCUT2D eigenvalue weighted by Crippen LogP contribution is 2.23. The smallest absolute Gasteiger partial charge is 0.493 e. The number of benzene rings is 3. The van der Waals surface area contributed by atoms with Crippen LogP contribution >= 0.6 is 0 Å². The van der Waals surface area contributed by atoms with E-state index in [0.29, 0.717) is 12.4 Å². The van der Waals surface area contributed by atoms with E-state index in [0.717, 1.165) is 5.56 Å². The van der Waals surface area contributed by atoms with Crippen LogP contribution < -0.4 is 14.2 Å². The first-order chi connectivity index (χ1) is 18.3. The zero-order valence-electron chi connectivity index (χ0n) is 20.9. The highest BCUT2D eigenvalue weighted by Gasteiger charge is 2.19. The van der Waals surface area contributed by atoms with Crippen molar-refractivity contribution in [3.05, 3.63) is 89.5 Å². The zero-order chi connectivity index (χ0) is 27.9. The van der Waals surface area contributed by atoms with E-state index in [1.807, 2.05) is 19.1 Å². The molecule has 1 N–H and O–H groups in total. The van der Waals surface area contributed by atoms with Gasteiger partial charge in [0.1, 0.15) is 35.0 Å². The first-order valence-electron chi connectivity index (χ1n) is 11.1. The third-order valence-electron chi connectivity index (χ3n) is 4.59. The van der Waals surface area contributed by atoms with Crippen molar-refractivity contribution in [2.45, 2.75) is 13.5 Å². The lowest BCUT2D eigenvalue weighted by atomic mass is 10.2. The van der Waals surface area contributed by atoms with Gasteiger partial charge in [0.05, 0.1) is 20.8 Å². The van der Waals surface area contributed by atoms with Crippen LogP contribution in [0.15, 0.2) is 72.8 Å². The molecule has 0 aliphatic heterocycles. The Bertz CT molecular complexity index is 1190. The normalized spacial score (nSPS) is 9.66. The second-order valence-electron chi connectivity index (χ2n) is 7.02. The molecule has 0 atom stereocenters. The van der Waals surface area contributed by atoms with Crippen LogP contribution in [0, 0.1) is 0 Å². The Kier molecular flexibility index (Phi) is 11.6. The number of rotatable bonds is 8. The van der Waals surface area contributed by atoms with Crippen LogP contribution in [0.2, 0.25) is 0 Å². The molecule has 3 aromatic rings. The largest absolute Gasteiger partial charge is 0.519 e. The number of para-hydroxylation sites is 3. The maximum absolute atomic E-state index is 12.0. The molecule has 3 aromatic carbocycles. The van der Waals surface area contributed by atoms with E-state index in [4.69, 9.17) is 19.3 Å². The lowest BCUT2D eigenvalue weighted by molar-refractivity contribution is 0.0590. The van der Waals surface area contributed by atoms with Crippen LogP contribution in [-0.2, 0) is 20.8 Å². The van der Waals surface area contributed by atoms with Crippen LogP contribution in [0.3, 0.4) is 0 Å². The molecule has 0 radical (unpaired) electrons. The van der Waals surface area contributed by atoms with Gasteiger partial charge in [-0.1, -0.05) is 42.5 Å². The number of hydrogen-bond acceptors (Lipinski definition) is 10. The number of carboxylic acid groups (broad SMARTS) is 1. The summed E-state index contributed by atoms with van der Waals surface area (Å²) >= 11 is 0. The number of hydrogen-bond donors (Lipinski definition) is 1. The highest BCUT2D eigenvalue weighted by atomic mass is 16.7. The van der Waals surface area contributed by atoms with E-state index < -0.39 is 24.2 Å². The van der Waals surface area contributed by atoms with Crippen molar-refractivity contribution in [3.63, 3.8) is 0 Å². The maximum atomic E-state index is 12.0. The van der Waals surface area contributed by atoms with Gasteiger partial charge in [-0.3, -0.25) is 0 Å². The van der Waals surface area contributed by atoms with Crippen molar-refractivity contribution in [2.24, 2.45) is 0 Å². The molecule has 0 aliphatic rings. The minimum atomic E-state index is -1.28. The number of carbonyl (C=O) groups excluding carboxylic acids is 3. The van der Waals surface area contributed by atoms with E-state index in [1.54, 1.807) is 36.4 Å². The summed E-state index contributed by atoms with van der Waals surface area (Å²) in [4.78, 5) is 45.4. The molecular formula is C27H26O11. The van der Waals surface area contributed by atoms with Crippen molar-refractivity contribution in [1.29, 1.82) is 0 Å². The second kappa shape index (κ2) is 15.1. The minimum absolute atomic E-state index is 0.0194. The Balaban J connectivity index is 0.000000308. The average Bonchev–Trinajstić information content (AvgIpc) is 2.92. The lowest BCUT2D eigenvalue weighted by Crippen LogP contribution is -2.17. The SMILES string of the molecule is CCOc1ccccc1COC(=O)O.COC(=O)c1ccccc1OC(=O)Oc1ccccc1C(=O)OC. The molecule has 0 unspecified atom stereocenters. The average molecular weight is 526 g/mol. The topological polar surface area (TPSA) is 144 Å². The Labute approximate surface area is 218 Å². The van der Waals surface area contributed by atoms with E-state index in [9.17, 15) is 19.2 Å². The molecule has 0 fully saturated rings. The van der Waals surface area contributed by atoms with Crippen molar-refractivity contribution in [2.75, 3.05) is 20.8 Å². The molecular weight excluding hydrogens is 500 g/mol. The third kappa shape index (κ3) is 8.86. The molecule has 0 spiro atoms. The van der Waals surface area contributed by atoms with Gasteiger partial charge in [-0.05, 0) is 37.3 Å².